The smallest absolute Gasteiger partial charge is 0.325 e. The van der Waals surface area contributed by atoms with Crippen molar-refractivity contribution in [1.29, 1.82) is 0 Å². The van der Waals surface area contributed by atoms with Crippen molar-refractivity contribution in [2.75, 3.05) is 26.5 Å². The molecule has 1 heterocycles. The molecule has 1 aliphatic rings. The summed E-state index contributed by atoms with van der Waals surface area (Å²) < 4.78 is 15.3. The van der Waals surface area contributed by atoms with E-state index in [-0.39, 0.29) is 25.9 Å². The quantitative estimate of drug-likeness (QED) is 0.779. The van der Waals surface area contributed by atoms with E-state index in [0.717, 1.165) is 0 Å². The number of hydrogen-bond acceptors (Lipinski definition) is 5. The monoisotopic (exact) mass is 313 g/mol. The lowest BCUT2D eigenvalue weighted by atomic mass is 10.1. The number of carbonyl (C=O) groups excluding carboxylic acids is 2. The number of nitrogens with zero attached hydrogens (tertiary/aromatic N) is 1. The number of hydrogen-bond donors (Lipinski definition) is 0. The SMILES string of the molecule is CCOC(=O)CN(CC)C(=O)c1cc(Cl)c2c(c1)OCO2. The highest BCUT2D eigenvalue weighted by Gasteiger charge is 2.24. The van der Waals surface area contributed by atoms with Gasteiger partial charge in [-0.25, -0.2) is 0 Å². The van der Waals surface area contributed by atoms with E-state index in [1.165, 1.54) is 11.0 Å². The van der Waals surface area contributed by atoms with E-state index in [2.05, 4.69) is 0 Å². The fourth-order valence-corrected chi connectivity index (χ4v) is 2.23. The van der Waals surface area contributed by atoms with Crippen LogP contribution in [0.3, 0.4) is 0 Å². The fourth-order valence-electron chi connectivity index (χ4n) is 1.96. The molecule has 0 radical (unpaired) electrons. The van der Waals surface area contributed by atoms with E-state index in [9.17, 15) is 9.59 Å². The molecular formula is C14H16ClNO5. The molecule has 7 heteroatoms. The number of amides is 1. The summed E-state index contributed by atoms with van der Waals surface area (Å²) in [5.74, 6) is 0.102. The lowest BCUT2D eigenvalue weighted by Gasteiger charge is -2.20. The maximum atomic E-state index is 12.4. The summed E-state index contributed by atoms with van der Waals surface area (Å²) in [6, 6.07) is 3.07. The Labute approximate surface area is 127 Å². The Hall–Kier alpha value is -1.95. The largest absolute Gasteiger partial charge is 0.465 e. The molecular weight excluding hydrogens is 298 g/mol. The number of rotatable bonds is 5. The average Bonchev–Trinajstić information content (AvgIpc) is 2.93. The van der Waals surface area contributed by atoms with Crippen molar-refractivity contribution < 1.29 is 23.8 Å². The van der Waals surface area contributed by atoms with Crippen molar-refractivity contribution in [2.45, 2.75) is 13.8 Å². The number of esters is 1. The molecule has 0 spiro atoms. The number of carbonyl (C=O) groups is 2. The van der Waals surface area contributed by atoms with Crippen molar-refractivity contribution in [3.05, 3.63) is 22.7 Å². The molecule has 21 heavy (non-hydrogen) atoms. The number of fused-ring (bicyclic) bond motifs is 1. The van der Waals surface area contributed by atoms with Crippen molar-refractivity contribution in [3.8, 4) is 11.5 Å². The first-order valence-electron chi connectivity index (χ1n) is 6.60. The van der Waals surface area contributed by atoms with E-state index < -0.39 is 5.97 Å². The van der Waals surface area contributed by atoms with E-state index >= 15 is 0 Å². The highest BCUT2D eigenvalue weighted by molar-refractivity contribution is 6.32. The van der Waals surface area contributed by atoms with Gasteiger partial charge in [0.05, 0.1) is 11.6 Å². The topological polar surface area (TPSA) is 65.1 Å². The Morgan fingerprint density at radius 1 is 1.33 bits per heavy atom. The second kappa shape index (κ2) is 6.67. The van der Waals surface area contributed by atoms with Gasteiger partial charge in [0.25, 0.3) is 5.91 Å². The van der Waals surface area contributed by atoms with Gasteiger partial charge in [-0.15, -0.1) is 0 Å². The Balaban J connectivity index is 2.18. The van der Waals surface area contributed by atoms with Gasteiger partial charge in [0.15, 0.2) is 11.5 Å². The third kappa shape index (κ3) is 3.39. The molecule has 0 aliphatic carbocycles. The van der Waals surface area contributed by atoms with Crippen molar-refractivity contribution in [2.24, 2.45) is 0 Å². The third-order valence-corrected chi connectivity index (χ3v) is 3.25. The second-order valence-corrected chi connectivity index (χ2v) is 4.72. The summed E-state index contributed by atoms with van der Waals surface area (Å²) in [5, 5.41) is 0.306. The Morgan fingerprint density at radius 3 is 2.76 bits per heavy atom. The summed E-state index contributed by atoms with van der Waals surface area (Å²) in [5.41, 5.74) is 0.343. The predicted octanol–water partition coefficient (Wildman–Crippen LogP) is 2.09. The van der Waals surface area contributed by atoms with Crippen LogP contribution in [0.5, 0.6) is 11.5 Å². The lowest BCUT2D eigenvalue weighted by molar-refractivity contribution is -0.143. The van der Waals surface area contributed by atoms with E-state index in [1.807, 2.05) is 0 Å². The first kappa shape index (κ1) is 15.4. The van der Waals surface area contributed by atoms with Gasteiger partial charge in [0, 0.05) is 12.1 Å². The Morgan fingerprint density at radius 2 is 2.10 bits per heavy atom. The summed E-state index contributed by atoms with van der Waals surface area (Å²) in [6.07, 6.45) is 0. The van der Waals surface area contributed by atoms with Crippen molar-refractivity contribution in [1.82, 2.24) is 4.90 Å². The molecule has 2 rings (SSSR count). The van der Waals surface area contributed by atoms with E-state index in [0.29, 0.717) is 28.6 Å². The number of halogens is 1. The third-order valence-electron chi connectivity index (χ3n) is 2.97. The van der Waals surface area contributed by atoms with E-state index in [1.54, 1.807) is 19.9 Å². The molecule has 0 bridgehead atoms. The van der Waals surface area contributed by atoms with Crippen LogP contribution in [-0.2, 0) is 9.53 Å². The first-order valence-corrected chi connectivity index (χ1v) is 6.98. The van der Waals surface area contributed by atoms with Gasteiger partial charge in [-0.05, 0) is 26.0 Å². The highest BCUT2D eigenvalue weighted by Crippen LogP contribution is 2.39. The molecule has 0 atom stereocenters. The van der Waals surface area contributed by atoms with Crippen LogP contribution in [-0.4, -0.2) is 43.3 Å². The van der Waals surface area contributed by atoms with E-state index in [4.69, 9.17) is 25.8 Å². The number of benzene rings is 1. The maximum Gasteiger partial charge on any atom is 0.325 e. The Bertz CT molecular complexity index is 561. The minimum atomic E-state index is -0.445. The number of likely N-dealkylation sites (N-methyl/N-ethyl adjacent to an activating group) is 1. The number of ether oxygens (including phenoxy) is 3. The second-order valence-electron chi connectivity index (χ2n) is 4.32. The van der Waals surface area contributed by atoms with Crippen molar-refractivity contribution >= 4 is 23.5 Å². The molecule has 0 fully saturated rings. The molecule has 6 nitrogen and oxygen atoms in total. The molecule has 0 saturated carbocycles. The maximum absolute atomic E-state index is 12.4. The molecule has 1 aliphatic heterocycles. The van der Waals surface area contributed by atoms with Crippen LogP contribution < -0.4 is 9.47 Å². The summed E-state index contributed by atoms with van der Waals surface area (Å²) in [4.78, 5) is 25.3. The first-order chi connectivity index (χ1) is 10.1. The predicted molar refractivity (Wildman–Crippen MR) is 75.8 cm³/mol. The van der Waals surface area contributed by atoms with Crippen LogP contribution in [0.1, 0.15) is 24.2 Å². The molecule has 0 N–H and O–H groups in total. The van der Waals surface area contributed by atoms with Crippen LogP contribution in [0.15, 0.2) is 12.1 Å². The van der Waals surface area contributed by atoms with Crippen LogP contribution in [0.2, 0.25) is 5.02 Å². The van der Waals surface area contributed by atoms with Crippen LogP contribution in [0.25, 0.3) is 0 Å². The lowest BCUT2D eigenvalue weighted by Crippen LogP contribution is -2.36. The molecule has 114 valence electrons. The molecule has 0 unspecified atom stereocenters. The van der Waals surface area contributed by atoms with Gasteiger partial charge in [-0.2, -0.15) is 0 Å². The zero-order chi connectivity index (χ0) is 15.4. The van der Waals surface area contributed by atoms with Crippen LogP contribution in [0, 0.1) is 0 Å². The van der Waals surface area contributed by atoms with Gasteiger partial charge < -0.3 is 19.1 Å². The average molecular weight is 314 g/mol. The molecule has 1 aromatic carbocycles. The van der Waals surface area contributed by atoms with Crippen molar-refractivity contribution in [3.63, 3.8) is 0 Å². The van der Waals surface area contributed by atoms with Gasteiger partial charge in [0.2, 0.25) is 6.79 Å². The minimum absolute atomic E-state index is 0.0764. The van der Waals surface area contributed by atoms with Crippen LogP contribution >= 0.6 is 11.6 Å². The molecule has 1 aromatic rings. The van der Waals surface area contributed by atoms with Gasteiger partial charge in [-0.3, -0.25) is 9.59 Å². The molecule has 1 amide bonds. The normalized spacial score (nSPS) is 12.1. The van der Waals surface area contributed by atoms with Gasteiger partial charge >= 0.3 is 5.97 Å². The van der Waals surface area contributed by atoms with Gasteiger partial charge in [0.1, 0.15) is 6.54 Å². The Kier molecular flexibility index (Phi) is 4.90. The molecule has 0 saturated heterocycles. The standard InChI is InChI=1S/C14H16ClNO5/c1-3-16(7-12(17)19-4-2)14(18)9-5-10(15)13-11(6-9)20-8-21-13/h5-6H,3-4,7-8H2,1-2H3. The van der Waals surface area contributed by atoms with Gasteiger partial charge in [-0.1, -0.05) is 11.6 Å². The summed E-state index contributed by atoms with van der Waals surface area (Å²) in [7, 11) is 0. The fraction of sp³-hybridized carbons (Fsp3) is 0.429. The minimum Gasteiger partial charge on any atom is -0.465 e. The summed E-state index contributed by atoms with van der Waals surface area (Å²) >= 11 is 6.05. The highest BCUT2D eigenvalue weighted by atomic mass is 35.5. The summed E-state index contributed by atoms with van der Waals surface area (Å²) in [6.45, 7) is 4.13. The molecule has 0 aromatic heterocycles. The zero-order valence-corrected chi connectivity index (χ0v) is 12.6. The zero-order valence-electron chi connectivity index (χ0n) is 11.8. The van der Waals surface area contributed by atoms with Crippen LogP contribution in [0.4, 0.5) is 0 Å².